The third-order valence-corrected chi connectivity index (χ3v) is 8.13. The second-order valence-electron chi connectivity index (χ2n) is 11.9. The van der Waals surface area contributed by atoms with E-state index in [1.54, 1.807) is 4.90 Å². The minimum Gasteiger partial charge on any atom is -0.379 e. The van der Waals surface area contributed by atoms with Gasteiger partial charge in [0.15, 0.2) is 0 Å². The molecule has 0 aromatic rings. The maximum atomic E-state index is 12.1. The number of nitrogens with two attached hydrogens (primary N) is 1. The van der Waals surface area contributed by atoms with Crippen molar-refractivity contribution in [3.63, 3.8) is 0 Å². The summed E-state index contributed by atoms with van der Waals surface area (Å²) in [5.41, 5.74) is 6.49. The Morgan fingerprint density at radius 2 is 1.43 bits per heavy atom. The molecule has 10 heteroatoms. The zero-order chi connectivity index (χ0) is 30.9. The molecule has 0 aliphatic carbocycles. The molecule has 0 saturated carbocycles. The van der Waals surface area contributed by atoms with Crippen LogP contribution in [0.5, 0.6) is 0 Å². The van der Waals surface area contributed by atoms with Gasteiger partial charge in [-0.25, -0.2) is 0 Å². The number of rotatable bonds is 27. The molecule has 2 atom stereocenters. The number of hydrogen-bond acceptors (Lipinski definition) is 7. The number of likely N-dealkylation sites (tertiary alicyclic amines) is 1. The molecule has 2 unspecified atom stereocenters. The minimum atomic E-state index is -0.189. The van der Waals surface area contributed by atoms with Crippen LogP contribution in [-0.2, 0) is 28.6 Å². The number of nitrogens with one attached hydrogen (secondary N) is 2. The third-order valence-electron chi connectivity index (χ3n) is 8.13. The van der Waals surface area contributed by atoms with Gasteiger partial charge >= 0.3 is 0 Å². The highest BCUT2D eigenvalue weighted by molar-refractivity contribution is 5.84. The zero-order valence-corrected chi connectivity index (χ0v) is 27.0. The van der Waals surface area contributed by atoms with Crippen molar-refractivity contribution in [2.75, 3.05) is 72.4 Å². The van der Waals surface area contributed by atoms with E-state index in [0.717, 1.165) is 45.3 Å². The Labute approximate surface area is 255 Å². The van der Waals surface area contributed by atoms with Gasteiger partial charge in [-0.1, -0.05) is 59.3 Å². The van der Waals surface area contributed by atoms with Gasteiger partial charge in [-0.2, -0.15) is 0 Å². The second kappa shape index (κ2) is 24.7. The standard InChI is InChI=1S/C32H62N4O6/c1-4-6-9-15-32(27-33,14-5-2)16-10-7-8-11-29(37)34-17-20-41-22-24-42-23-21-40-19-13-30(38)35-25-31(39)36-18-12-28(3)26-36/h28H,4-27,33H2,1-3H3,(H,34,37)(H,35,38). The van der Waals surface area contributed by atoms with Gasteiger partial charge in [0, 0.05) is 32.5 Å². The Balaban J connectivity index is 1.90. The van der Waals surface area contributed by atoms with Gasteiger partial charge in [0.25, 0.3) is 0 Å². The molecule has 0 bridgehead atoms. The molecule has 1 heterocycles. The van der Waals surface area contributed by atoms with Crippen molar-refractivity contribution >= 4 is 17.7 Å². The molecule has 0 radical (unpaired) electrons. The summed E-state index contributed by atoms with van der Waals surface area (Å²) in [6.07, 6.45) is 13.5. The van der Waals surface area contributed by atoms with Crippen LogP contribution in [0.4, 0.5) is 0 Å². The van der Waals surface area contributed by atoms with Crippen molar-refractivity contribution < 1.29 is 28.6 Å². The number of unbranched alkanes of at least 4 members (excludes halogenated alkanes) is 4. The zero-order valence-electron chi connectivity index (χ0n) is 27.0. The fourth-order valence-electron chi connectivity index (χ4n) is 5.52. The summed E-state index contributed by atoms with van der Waals surface area (Å²) in [6.45, 7) is 11.9. The lowest BCUT2D eigenvalue weighted by Gasteiger charge is -2.33. The minimum absolute atomic E-state index is 0.0254. The molecule has 1 aliphatic heterocycles. The molecule has 0 aromatic carbocycles. The molecule has 246 valence electrons. The number of carbonyl (C=O) groups is 3. The van der Waals surface area contributed by atoms with Gasteiger partial charge in [-0.15, -0.1) is 0 Å². The molecule has 0 spiro atoms. The van der Waals surface area contributed by atoms with Gasteiger partial charge in [0.2, 0.25) is 17.7 Å². The van der Waals surface area contributed by atoms with Gasteiger partial charge in [0.1, 0.15) is 0 Å². The van der Waals surface area contributed by atoms with Crippen molar-refractivity contribution in [3.05, 3.63) is 0 Å². The van der Waals surface area contributed by atoms with E-state index in [4.69, 9.17) is 19.9 Å². The molecule has 10 nitrogen and oxygen atoms in total. The van der Waals surface area contributed by atoms with E-state index in [1.165, 1.54) is 44.9 Å². The highest BCUT2D eigenvalue weighted by Gasteiger charge is 2.26. The Morgan fingerprint density at radius 1 is 0.786 bits per heavy atom. The first-order valence-electron chi connectivity index (χ1n) is 16.6. The van der Waals surface area contributed by atoms with Crippen molar-refractivity contribution in [2.45, 2.75) is 104 Å². The fraction of sp³-hybridized carbons (Fsp3) is 0.906. The lowest BCUT2D eigenvalue weighted by molar-refractivity contribution is -0.132. The Morgan fingerprint density at radius 3 is 2.05 bits per heavy atom. The maximum absolute atomic E-state index is 12.1. The van der Waals surface area contributed by atoms with E-state index in [9.17, 15) is 14.4 Å². The Kier molecular flexibility index (Phi) is 22.5. The van der Waals surface area contributed by atoms with E-state index in [1.807, 2.05) is 0 Å². The number of nitrogens with zero attached hydrogens (tertiary/aromatic N) is 1. The number of hydrogen-bond donors (Lipinski definition) is 3. The average molecular weight is 599 g/mol. The van der Waals surface area contributed by atoms with Crippen LogP contribution in [0.3, 0.4) is 0 Å². The first-order chi connectivity index (χ1) is 20.4. The summed E-state index contributed by atoms with van der Waals surface area (Å²) in [6, 6.07) is 0. The molecule has 1 fully saturated rings. The van der Waals surface area contributed by atoms with Crippen LogP contribution in [0.2, 0.25) is 0 Å². The van der Waals surface area contributed by atoms with Crippen LogP contribution in [0.1, 0.15) is 104 Å². The highest BCUT2D eigenvalue weighted by atomic mass is 16.5. The first kappa shape index (κ1) is 38.3. The molecule has 1 aliphatic rings. The molecule has 1 saturated heterocycles. The molecule has 0 aromatic heterocycles. The van der Waals surface area contributed by atoms with Crippen LogP contribution in [0.25, 0.3) is 0 Å². The monoisotopic (exact) mass is 598 g/mol. The molecule has 1 rings (SSSR count). The lowest BCUT2D eigenvalue weighted by atomic mass is 9.74. The van der Waals surface area contributed by atoms with Gasteiger partial charge in [-0.3, -0.25) is 14.4 Å². The van der Waals surface area contributed by atoms with Crippen molar-refractivity contribution in [2.24, 2.45) is 17.1 Å². The van der Waals surface area contributed by atoms with E-state index < -0.39 is 0 Å². The summed E-state index contributed by atoms with van der Waals surface area (Å²) in [4.78, 5) is 37.8. The molecule has 4 N–H and O–H groups in total. The fourth-order valence-corrected chi connectivity index (χ4v) is 5.52. The molecular weight excluding hydrogens is 536 g/mol. The van der Waals surface area contributed by atoms with Crippen LogP contribution < -0.4 is 16.4 Å². The van der Waals surface area contributed by atoms with Gasteiger partial charge in [0.05, 0.1) is 46.2 Å². The van der Waals surface area contributed by atoms with Crippen LogP contribution in [0, 0.1) is 11.3 Å². The second-order valence-corrected chi connectivity index (χ2v) is 11.9. The number of amides is 3. The first-order valence-corrected chi connectivity index (χ1v) is 16.6. The van der Waals surface area contributed by atoms with Gasteiger partial charge < -0.3 is 35.5 Å². The normalized spacial score (nSPS) is 16.4. The average Bonchev–Trinajstić information content (AvgIpc) is 3.42. The van der Waals surface area contributed by atoms with Crippen LogP contribution in [-0.4, -0.2) is 95.0 Å². The summed E-state index contributed by atoms with van der Waals surface area (Å²) < 4.78 is 16.4. The lowest BCUT2D eigenvalue weighted by Crippen LogP contribution is -2.39. The van der Waals surface area contributed by atoms with Crippen molar-refractivity contribution in [1.29, 1.82) is 0 Å². The molecular formula is C32H62N4O6. The molecule has 3 amide bonds. The van der Waals surface area contributed by atoms with Crippen LogP contribution in [0.15, 0.2) is 0 Å². The Hall–Kier alpha value is -1.75. The van der Waals surface area contributed by atoms with Gasteiger partial charge in [-0.05, 0) is 50.0 Å². The van der Waals surface area contributed by atoms with E-state index in [-0.39, 0.29) is 42.7 Å². The number of ether oxygens (including phenoxy) is 3. The quantitative estimate of drug-likeness (QED) is 0.123. The highest BCUT2D eigenvalue weighted by Crippen LogP contribution is 2.35. The predicted molar refractivity (Wildman–Crippen MR) is 167 cm³/mol. The van der Waals surface area contributed by atoms with Crippen LogP contribution >= 0.6 is 0 Å². The SMILES string of the molecule is CCCCCC(CN)(CCC)CCCCCC(=O)NCCOCCOCCOCCC(=O)NCC(=O)N1CCC(C)C1. The van der Waals surface area contributed by atoms with E-state index in [0.29, 0.717) is 51.9 Å². The third kappa shape index (κ3) is 18.7. The Bertz CT molecular complexity index is 725. The summed E-state index contributed by atoms with van der Waals surface area (Å²) in [7, 11) is 0. The summed E-state index contributed by atoms with van der Waals surface area (Å²) in [5, 5.41) is 5.58. The van der Waals surface area contributed by atoms with Crippen molar-refractivity contribution in [1.82, 2.24) is 15.5 Å². The van der Waals surface area contributed by atoms with E-state index >= 15 is 0 Å². The predicted octanol–water partition coefficient (Wildman–Crippen LogP) is 3.80. The maximum Gasteiger partial charge on any atom is 0.241 e. The summed E-state index contributed by atoms with van der Waals surface area (Å²) in [5.74, 6) is 0.396. The molecule has 42 heavy (non-hydrogen) atoms. The van der Waals surface area contributed by atoms with Crippen molar-refractivity contribution in [3.8, 4) is 0 Å². The largest absolute Gasteiger partial charge is 0.379 e. The smallest absolute Gasteiger partial charge is 0.241 e. The number of carbonyl (C=O) groups excluding carboxylic acids is 3. The van der Waals surface area contributed by atoms with E-state index in [2.05, 4.69) is 31.4 Å². The topological polar surface area (TPSA) is 132 Å². The summed E-state index contributed by atoms with van der Waals surface area (Å²) >= 11 is 0.